The molecule has 2 N–H and O–H groups in total. The molecular weight excluding hydrogens is 386 g/mol. The molecule has 0 bridgehead atoms. The fraction of sp³-hybridized carbons (Fsp3) is 0.154. The minimum Gasteiger partial charge on any atom is -0.392 e. The summed E-state index contributed by atoms with van der Waals surface area (Å²) in [6.45, 7) is 4.62. The fourth-order valence-corrected chi connectivity index (χ4v) is 3.49. The van der Waals surface area contributed by atoms with Gasteiger partial charge >= 0.3 is 0 Å². The number of aliphatic hydroxyl groups is 1. The summed E-state index contributed by atoms with van der Waals surface area (Å²) in [5.74, 6) is -0.234. The highest BCUT2D eigenvalue weighted by Crippen LogP contribution is 2.26. The number of hydrogen-bond acceptors (Lipinski definition) is 3. The Bertz CT molecular complexity index is 1210. The van der Waals surface area contributed by atoms with Crippen molar-refractivity contribution in [3.8, 4) is 11.3 Å². The summed E-state index contributed by atoms with van der Waals surface area (Å²) < 4.78 is 1.80. The Morgan fingerprint density at radius 3 is 2.45 bits per heavy atom. The normalized spacial score (nSPS) is 10.8. The highest BCUT2D eigenvalue weighted by atomic mass is 16.3. The third kappa shape index (κ3) is 4.73. The lowest BCUT2D eigenvalue weighted by atomic mass is 10.0. The molecule has 1 heterocycles. The third-order valence-electron chi connectivity index (χ3n) is 5.34. The number of carbonyl (C=O) groups excluding carboxylic acids is 1. The average molecular weight is 412 g/mol. The summed E-state index contributed by atoms with van der Waals surface area (Å²) in [4.78, 5) is 13.2. The standard InChI is InChI=1S/C26H25N3O2/c1-18-11-12-22(13-19(18)2)25-24(16-29(28-25)15-20-7-4-3-5-8-20)26(31)27-23-10-6-9-21(14-23)17-30/h3-14,16,30H,15,17H2,1-2H3,(H,27,31). The lowest BCUT2D eigenvalue weighted by molar-refractivity contribution is 0.102. The van der Waals surface area contributed by atoms with Crippen LogP contribution in [0, 0.1) is 13.8 Å². The Morgan fingerprint density at radius 1 is 0.935 bits per heavy atom. The number of carbonyl (C=O) groups is 1. The summed E-state index contributed by atoms with van der Waals surface area (Å²) in [7, 11) is 0. The van der Waals surface area contributed by atoms with Crippen molar-refractivity contribution in [1.82, 2.24) is 9.78 Å². The molecule has 0 aliphatic carbocycles. The van der Waals surface area contributed by atoms with Crippen molar-refractivity contribution in [2.75, 3.05) is 5.32 Å². The first-order chi connectivity index (χ1) is 15.0. The number of nitrogens with zero attached hydrogens (tertiary/aromatic N) is 2. The second kappa shape index (κ2) is 8.98. The molecule has 0 spiro atoms. The monoisotopic (exact) mass is 411 g/mol. The summed E-state index contributed by atoms with van der Waals surface area (Å²) in [6, 6.07) is 23.3. The quantitative estimate of drug-likeness (QED) is 0.471. The second-order valence-corrected chi connectivity index (χ2v) is 7.69. The molecule has 5 heteroatoms. The third-order valence-corrected chi connectivity index (χ3v) is 5.34. The number of benzene rings is 3. The Hall–Kier alpha value is -3.70. The molecule has 4 aromatic rings. The molecule has 1 aromatic heterocycles. The number of anilines is 1. The molecule has 4 rings (SSSR count). The lowest BCUT2D eigenvalue weighted by Gasteiger charge is -2.08. The van der Waals surface area contributed by atoms with Crippen LogP contribution in [0.25, 0.3) is 11.3 Å². The molecule has 5 nitrogen and oxygen atoms in total. The molecule has 0 unspecified atom stereocenters. The average Bonchev–Trinajstić information content (AvgIpc) is 3.20. The Labute approximate surface area is 182 Å². The predicted molar refractivity (Wildman–Crippen MR) is 123 cm³/mol. The Balaban J connectivity index is 1.71. The van der Waals surface area contributed by atoms with Crippen LogP contribution < -0.4 is 5.32 Å². The van der Waals surface area contributed by atoms with Gasteiger partial charge in [-0.25, -0.2) is 0 Å². The number of nitrogens with one attached hydrogen (secondary N) is 1. The molecule has 0 aliphatic rings. The van der Waals surface area contributed by atoms with E-state index in [1.165, 1.54) is 5.56 Å². The van der Waals surface area contributed by atoms with Crippen LogP contribution in [0.2, 0.25) is 0 Å². The van der Waals surface area contributed by atoms with Gasteiger partial charge < -0.3 is 10.4 Å². The number of aliphatic hydroxyl groups excluding tert-OH is 1. The lowest BCUT2D eigenvalue weighted by Crippen LogP contribution is -2.12. The van der Waals surface area contributed by atoms with E-state index in [-0.39, 0.29) is 12.5 Å². The van der Waals surface area contributed by atoms with E-state index in [9.17, 15) is 9.90 Å². The van der Waals surface area contributed by atoms with Gasteiger partial charge in [0, 0.05) is 17.4 Å². The van der Waals surface area contributed by atoms with Crippen LogP contribution >= 0.6 is 0 Å². The molecule has 0 aliphatic heterocycles. The maximum absolute atomic E-state index is 13.2. The number of hydrogen-bond donors (Lipinski definition) is 2. The number of aromatic nitrogens is 2. The number of rotatable bonds is 6. The van der Waals surface area contributed by atoms with Crippen LogP contribution in [-0.4, -0.2) is 20.8 Å². The molecule has 0 atom stereocenters. The van der Waals surface area contributed by atoms with Gasteiger partial charge in [0.05, 0.1) is 18.7 Å². The van der Waals surface area contributed by atoms with Gasteiger partial charge in [-0.2, -0.15) is 5.10 Å². The maximum atomic E-state index is 13.2. The predicted octanol–water partition coefficient (Wildman–Crippen LogP) is 4.96. The zero-order valence-corrected chi connectivity index (χ0v) is 17.7. The van der Waals surface area contributed by atoms with E-state index in [4.69, 9.17) is 5.10 Å². The smallest absolute Gasteiger partial charge is 0.259 e. The molecule has 1 amide bonds. The van der Waals surface area contributed by atoms with Gasteiger partial charge in [0.25, 0.3) is 5.91 Å². The minimum atomic E-state index is -0.234. The van der Waals surface area contributed by atoms with E-state index >= 15 is 0 Å². The largest absolute Gasteiger partial charge is 0.392 e. The summed E-state index contributed by atoms with van der Waals surface area (Å²) in [6.07, 6.45) is 1.79. The van der Waals surface area contributed by atoms with E-state index in [0.717, 1.165) is 22.3 Å². The summed E-state index contributed by atoms with van der Waals surface area (Å²) in [5.41, 5.74) is 6.90. The van der Waals surface area contributed by atoms with Crippen molar-refractivity contribution in [3.05, 3.63) is 107 Å². The zero-order valence-electron chi connectivity index (χ0n) is 17.7. The van der Waals surface area contributed by atoms with Crippen molar-refractivity contribution in [2.24, 2.45) is 0 Å². The van der Waals surface area contributed by atoms with E-state index in [1.807, 2.05) is 54.6 Å². The second-order valence-electron chi connectivity index (χ2n) is 7.69. The first-order valence-corrected chi connectivity index (χ1v) is 10.2. The molecule has 0 saturated heterocycles. The number of aryl methyl sites for hydroxylation is 2. The van der Waals surface area contributed by atoms with E-state index < -0.39 is 0 Å². The van der Waals surface area contributed by atoms with Crippen molar-refractivity contribution in [2.45, 2.75) is 27.0 Å². The van der Waals surface area contributed by atoms with Crippen molar-refractivity contribution >= 4 is 11.6 Å². The SMILES string of the molecule is Cc1ccc(-c2nn(Cc3ccccc3)cc2C(=O)Nc2cccc(CO)c2)cc1C. The van der Waals surface area contributed by atoms with E-state index in [0.29, 0.717) is 23.5 Å². The summed E-state index contributed by atoms with van der Waals surface area (Å²) >= 11 is 0. The van der Waals surface area contributed by atoms with Crippen LogP contribution in [0.3, 0.4) is 0 Å². The van der Waals surface area contributed by atoms with Gasteiger partial charge in [0.1, 0.15) is 5.69 Å². The van der Waals surface area contributed by atoms with Crippen molar-refractivity contribution in [3.63, 3.8) is 0 Å². The number of amides is 1. The fourth-order valence-electron chi connectivity index (χ4n) is 3.49. The van der Waals surface area contributed by atoms with Crippen LogP contribution in [0.15, 0.2) is 79.0 Å². The highest BCUT2D eigenvalue weighted by Gasteiger charge is 2.19. The van der Waals surface area contributed by atoms with Gasteiger partial charge in [0.2, 0.25) is 0 Å². The molecular formula is C26H25N3O2. The van der Waals surface area contributed by atoms with Gasteiger partial charge in [-0.15, -0.1) is 0 Å². The molecule has 3 aromatic carbocycles. The Morgan fingerprint density at radius 2 is 1.71 bits per heavy atom. The zero-order chi connectivity index (χ0) is 21.8. The van der Waals surface area contributed by atoms with Crippen LogP contribution in [0.4, 0.5) is 5.69 Å². The molecule has 0 fully saturated rings. The van der Waals surface area contributed by atoms with E-state index in [2.05, 4.69) is 25.2 Å². The van der Waals surface area contributed by atoms with Gasteiger partial charge in [-0.05, 0) is 54.3 Å². The van der Waals surface area contributed by atoms with Crippen molar-refractivity contribution in [1.29, 1.82) is 0 Å². The molecule has 0 saturated carbocycles. The topological polar surface area (TPSA) is 67.2 Å². The van der Waals surface area contributed by atoms with E-state index in [1.54, 1.807) is 23.0 Å². The van der Waals surface area contributed by atoms with Crippen molar-refractivity contribution < 1.29 is 9.90 Å². The Kier molecular flexibility index (Phi) is 5.96. The first kappa shape index (κ1) is 20.6. The first-order valence-electron chi connectivity index (χ1n) is 10.2. The molecule has 31 heavy (non-hydrogen) atoms. The highest BCUT2D eigenvalue weighted by molar-refractivity contribution is 6.08. The maximum Gasteiger partial charge on any atom is 0.259 e. The van der Waals surface area contributed by atoms with Crippen LogP contribution in [0.5, 0.6) is 0 Å². The minimum absolute atomic E-state index is 0.0768. The van der Waals surface area contributed by atoms with Crippen LogP contribution in [-0.2, 0) is 13.2 Å². The van der Waals surface area contributed by atoms with Gasteiger partial charge in [-0.1, -0.05) is 54.6 Å². The molecule has 0 radical (unpaired) electrons. The van der Waals surface area contributed by atoms with Gasteiger partial charge in [0.15, 0.2) is 0 Å². The van der Waals surface area contributed by atoms with Crippen LogP contribution in [0.1, 0.15) is 32.6 Å². The van der Waals surface area contributed by atoms with Gasteiger partial charge in [-0.3, -0.25) is 9.48 Å². The molecule has 156 valence electrons. The summed E-state index contributed by atoms with van der Waals surface area (Å²) in [5, 5.41) is 17.1.